The van der Waals surface area contributed by atoms with E-state index in [1.807, 2.05) is 0 Å². The van der Waals surface area contributed by atoms with Gasteiger partial charge in [-0.15, -0.1) is 0 Å². The summed E-state index contributed by atoms with van der Waals surface area (Å²) < 4.78 is 1.64. The second-order valence-corrected chi connectivity index (χ2v) is 3.09. The van der Waals surface area contributed by atoms with E-state index in [1.165, 1.54) is 6.33 Å². The van der Waals surface area contributed by atoms with Crippen molar-refractivity contribution in [1.82, 2.24) is 14.8 Å². The summed E-state index contributed by atoms with van der Waals surface area (Å²) in [7, 11) is 1.80. The van der Waals surface area contributed by atoms with Gasteiger partial charge in [0.2, 0.25) is 0 Å². The van der Waals surface area contributed by atoms with E-state index in [2.05, 4.69) is 10.1 Å². The van der Waals surface area contributed by atoms with Gasteiger partial charge in [0.05, 0.1) is 0 Å². The van der Waals surface area contributed by atoms with Crippen molar-refractivity contribution in [1.29, 1.82) is 0 Å². The summed E-state index contributed by atoms with van der Waals surface area (Å²) in [6.45, 7) is 0. The highest BCUT2D eigenvalue weighted by molar-refractivity contribution is 5.05. The van der Waals surface area contributed by atoms with Crippen molar-refractivity contribution < 1.29 is 5.11 Å². The van der Waals surface area contributed by atoms with Crippen LogP contribution in [-0.4, -0.2) is 19.9 Å². The molecule has 0 atom stereocenters. The highest BCUT2D eigenvalue weighted by atomic mass is 16.3. The van der Waals surface area contributed by atoms with Gasteiger partial charge in [-0.25, -0.2) is 4.98 Å². The standard InChI is InChI=1S/C7H11N3O/c1-10-6(8-5-9-10)7(11)3-2-4-7/h5,11H,2-4H2,1H3. The van der Waals surface area contributed by atoms with Gasteiger partial charge in [0.1, 0.15) is 11.9 Å². The van der Waals surface area contributed by atoms with Crippen LogP contribution in [0.4, 0.5) is 0 Å². The van der Waals surface area contributed by atoms with Crippen molar-refractivity contribution in [3.63, 3.8) is 0 Å². The summed E-state index contributed by atoms with van der Waals surface area (Å²) in [5.41, 5.74) is -0.675. The molecule has 1 aromatic rings. The van der Waals surface area contributed by atoms with Gasteiger partial charge in [-0.2, -0.15) is 5.10 Å². The van der Waals surface area contributed by atoms with E-state index in [0.717, 1.165) is 19.3 Å². The fourth-order valence-corrected chi connectivity index (χ4v) is 1.45. The van der Waals surface area contributed by atoms with Gasteiger partial charge < -0.3 is 5.11 Å². The third-order valence-electron chi connectivity index (χ3n) is 2.31. The van der Waals surface area contributed by atoms with Crippen LogP contribution < -0.4 is 0 Å². The van der Waals surface area contributed by atoms with Crippen LogP contribution in [0.15, 0.2) is 6.33 Å². The molecule has 0 amide bonds. The number of hydrogen-bond donors (Lipinski definition) is 1. The minimum absolute atomic E-state index is 0.675. The molecule has 1 aliphatic carbocycles. The Morgan fingerprint density at radius 2 is 2.36 bits per heavy atom. The predicted molar refractivity (Wildman–Crippen MR) is 38.8 cm³/mol. The van der Waals surface area contributed by atoms with Crippen molar-refractivity contribution in [2.24, 2.45) is 7.05 Å². The van der Waals surface area contributed by atoms with Gasteiger partial charge in [-0.3, -0.25) is 4.68 Å². The SMILES string of the molecule is Cn1ncnc1C1(O)CCC1. The molecule has 11 heavy (non-hydrogen) atoms. The lowest BCUT2D eigenvalue weighted by Gasteiger charge is -2.34. The molecule has 1 heterocycles. The topological polar surface area (TPSA) is 50.9 Å². The largest absolute Gasteiger partial charge is 0.382 e. The summed E-state index contributed by atoms with van der Waals surface area (Å²) in [5.74, 6) is 0.698. The van der Waals surface area contributed by atoms with Crippen LogP contribution in [0.3, 0.4) is 0 Å². The maximum absolute atomic E-state index is 9.83. The van der Waals surface area contributed by atoms with Gasteiger partial charge >= 0.3 is 0 Å². The smallest absolute Gasteiger partial charge is 0.158 e. The molecule has 2 rings (SSSR count). The average molecular weight is 153 g/mol. The Kier molecular flexibility index (Phi) is 1.26. The Labute approximate surface area is 64.9 Å². The third-order valence-corrected chi connectivity index (χ3v) is 2.31. The molecule has 1 aliphatic rings. The molecule has 0 aromatic carbocycles. The van der Waals surface area contributed by atoms with Crippen molar-refractivity contribution in [3.05, 3.63) is 12.2 Å². The normalized spacial score (nSPS) is 21.3. The first-order valence-corrected chi connectivity index (χ1v) is 3.79. The molecule has 0 saturated heterocycles. The molecule has 0 spiro atoms. The summed E-state index contributed by atoms with van der Waals surface area (Å²) in [6, 6.07) is 0. The Morgan fingerprint density at radius 1 is 1.64 bits per heavy atom. The molecule has 1 fully saturated rings. The van der Waals surface area contributed by atoms with E-state index in [0.29, 0.717) is 5.82 Å². The third kappa shape index (κ3) is 0.860. The molecule has 1 aromatic heterocycles. The molecule has 1 saturated carbocycles. The van der Waals surface area contributed by atoms with Crippen molar-refractivity contribution in [2.75, 3.05) is 0 Å². The van der Waals surface area contributed by atoms with Gasteiger partial charge in [0.25, 0.3) is 0 Å². The maximum atomic E-state index is 9.83. The lowest BCUT2D eigenvalue weighted by molar-refractivity contribution is -0.0495. The van der Waals surface area contributed by atoms with Crippen molar-refractivity contribution in [3.8, 4) is 0 Å². The Morgan fingerprint density at radius 3 is 2.73 bits per heavy atom. The van der Waals surface area contributed by atoms with Crippen LogP contribution in [0.25, 0.3) is 0 Å². The highest BCUT2D eigenvalue weighted by Crippen LogP contribution is 2.39. The number of aryl methyl sites for hydroxylation is 1. The van der Waals surface area contributed by atoms with Gasteiger partial charge in [-0.05, 0) is 19.3 Å². The molecule has 4 heteroatoms. The minimum atomic E-state index is -0.675. The van der Waals surface area contributed by atoms with E-state index in [-0.39, 0.29) is 0 Å². The van der Waals surface area contributed by atoms with Crippen LogP contribution in [0.2, 0.25) is 0 Å². The molecule has 0 aliphatic heterocycles. The van der Waals surface area contributed by atoms with E-state index in [1.54, 1.807) is 11.7 Å². The summed E-state index contributed by atoms with van der Waals surface area (Å²) in [6.07, 6.45) is 4.20. The number of rotatable bonds is 1. The second kappa shape index (κ2) is 2.04. The van der Waals surface area contributed by atoms with Crippen LogP contribution in [0.5, 0.6) is 0 Å². The first-order chi connectivity index (χ1) is 5.22. The number of aromatic nitrogens is 3. The Bertz CT molecular complexity index is 264. The lowest BCUT2D eigenvalue weighted by Crippen LogP contribution is -2.36. The number of aliphatic hydroxyl groups is 1. The zero-order valence-electron chi connectivity index (χ0n) is 6.49. The van der Waals surface area contributed by atoms with Crippen molar-refractivity contribution in [2.45, 2.75) is 24.9 Å². The molecule has 1 N–H and O–H groups in total. The molecular weight excluding hydrogens is 142 g/mol. The quantitative estimate of drug-likeness (QED) is 0.626. The maximum Gasteiger partial charge on any atom is 0.158 e. The number of hydrogen-bond acceptors (Lipinski definition) is 3. The van der Waals surface area contributed by atoms with Crippen LogP contribution in [0, 0.1) is 0 Å². The zero-order chi connectivity index (χ0) is 7.90. The fourth-order valence-electron chi connectivity index (χ4n) is 1.45. The van der Waals surface area contributed by atoms with Crippen LogP contribution in [0.1, 0.15) is 25.1 Å². The van der Waals surface area contributed by atoms with Gasteiger partial charge in [-0.1, -0.05) is 0 Å². The zero-order valence-corrected chi connectivity index (χ0v) is 6.49. The first-order valence-electron chi connectivity index (χ1n) is 3.79. The molecule has 0 bridgehead atoms. The van der Waals surface area contributed by atoms with Gasteiger partial charge in [0.15, 0.2) is 5.82 Å². The Hall–Kier alpha value is -0.900. The lowest BCUT2D eigenvalue weighted by atomic mass is 9.79. The van der Waals surface area contributed by atoms with E-state index < -0.39 is 5.60 Å². The molecule has 0 unspecified atom stereocenters. The molecule has 0 radical (unpaired) electrons. The Balaban J connectivity index is 2.35. The first kappa shape index (κ1) is 6.79. The van der Waals surface area contributed by atoms with E-state index in [9.17, 15) is 5.11 Å². The van der Waals surface area contributed by atoms with Crippen LogP contribution >= 0.6 is 0 Å². The summed E-state index contributed by atoms with van der Waals surface area (Å²) in [5, 5.41) is 13.7. The molecule has 4 nitrogen and oxygen atoms in total. The van der Waals surface area contributed by atoms with Gasteiger partial charge in [0, 0.05) is 7.05 Å². The summed E-state index contributed by atoms with van der Waals surface area (Å²) >= 11 is 0. The summed E-state index contributed by atoms with van der Waals surface area (Å²) in [4.78, 5) is 4.01. The molecular formula is C7H11N3O. The fraction of sp³-hybridized carbons (Fsp3) is 0.714. The minimum Gasteiger partial charge on any atom is -0.382 e. The average Bonchev–Trinajstić information content (AvgIpc) is 2.30. The van der Waals surface area contributed by atoms with E-state index in [4.69, 9.17) is 0 Å². The monoisotopic (exact) mass is 153 g/mol. The van der Waals surface area contributed by atoms with Crippen molar-refractivity contribution >= 4 is 0 Å². The van der Waals surface area contributed by atoms with Crippen LogP contribution in [-0.2, 0) is 12.6 Å². The van der Waals surface area contributed by atoms with E-state index >= 15 is 0 Å². The highest BCUT2D eigenvalue weighted by Gasteiger charge is 2.39. The predicted octanol–water partition coefficient (Wildman–Crippen LogP) is 0.187. The number of nitrogens with zero attached hydrogens (tertiary/aromatic N) is 3. The second-order valence-electron chi connectivity index (χ2n) is 3.09. The molecule has 60 valence electrons.